The van der Waals surface area contributed by atoms with Crippen molar-refractivity contribution in [1.82, 2.24) is 9.88 Å². The van der Waals surface area contributed by atoms with Crippen LogP contribution in [0.5, 0.6) is 0 Å². The number of rotatable bonds is 4. The average molecular weight is 387 g/mol. The van der Waals surface area contributed by atoms with Crippen LogP contribution in [-0.2, 0) is 11.3 Å². The summed E-state index contributed by atoms with van der Waals surface area (Å²) in [5.41, 5.74) is 1.86. The van der Waals surface area contributed by atoms with Crippen LogP contribution in [0.2, 0.25) is 0 Å². The Labute approximate surface area is 180 Å². The van der Waals surface area contributed by atoms with Crippen molar-refractivity contribution >= 4 is 47.9 Å². The molecule has 2 heterocycles. The van der Waals surface area contributed by atoms with E-state index in [0.29, 0.717) is 24.2 Å². The number of benzene rings is 2. The molecule has 4 rings (SSSR count). The summed E-state index contributed by atoms with van der Waals surface area (Å²) in [6, 6.07) is 14.5. The van der Waals surface area contributed by atoms with Gasteiger partial charge in [0.05, 0.1) is 5.56 Å². The third kappa shape index (κ3) is 3.89. The quantitative estimate of drug-likeness (QED) is 0.693. The van der Waals surface area contributed by atoms with Crippen LogP contribution in [0.4, 0.5) is 6.01 Å². The van der Waals surface area contributed by atoms with Gasteiger partial charge in [-0.25, -0.2) is 4.79 Å². The first kappa shape index (κ1) is 21.0. The van der Waals surface area contributed by atoms with Gasteiger partial charge in [-0.05, 0) is 31.5 Å². The molecule has 2 aromatic carbocycles. The van der Waals surface area contributed by atoms with Gasteiger partial charge in [0.25, 0.3) is 6.01 Å². The van der Waals surface area contributed by atoms with Crippen molar-refractivity contribution in [2.45, 2.75) is 32.5 Å². The molecule has 1 aliphatic heterocycles. The van der Waals surface area contributed by atoms with Crippen LogP contribution < -0.4 is 4.90 Å². The minimum absolute atomic E-state index is 0. The Kier molecular flexibility index (Phi) is 6.01. The van der Waals surface area contributed by atoms with E-state index < -0.39 is 12.0 Å². The number of nitrogens with zero attached hydrogens (tertiary/aromatic N) is 3. The van der Waals surface area contributed by atoms with Gasteiger partial charge in [0, 0.05) is 19.1 Å². The van der Waals surface area contributed by atoms with Gasteiger partial charge < -0.3 is 19.3 Å². The summed E-state index contributed by atoms with van der Waals surface area (Å²) in [6.07, 6.45) is 0. The topological polar surface area (TPSA) is 86.9 Å². The molecule has 0 unspecified atom stereocenters. The van der Waals surface area contributed by atoms with Gasteiger partial charge in [-0.1, -0.05) is 36.4 Å². The Morgan fingerprint density at radius 2 is 1.90 bits per heavy atom. The van der Waals surface area contributed by atoms with Crippen molar-refractivity contribution in [2.75, 3.05) is 11.4 Å². The first-order valence-corrected chi connectivity index (χ1v) is 9.19. The Morgan fingerprint density at radius 1 is 1.17 bits per heavy atom. The van der Waals surface area contributed by atoms with Crippen LogP contribution in [0.15, 0.2) is 52.9 Å². The maximum atomic E-state index is 13.0. The number of carbonyl (C=O) groups is 2. The summed E-state index contributed by atoms with van der Waals surface area (Å²) < 4.78 is 5.82. The van der Waals surface area contributed by atoms with Gasteiger partial charge in [0.15, 0.2) is 5.58 Å². The molecule has 2 atom stereocenters. The third-order valence-corrected chi connectivity index (χ3v) is 5.12. The summed E-state index contributed by atoms with van der Waals surface area (Å²) >= 11 is 0. The molecule has 3 aromatic rings. The van der Waals surface area contributed by atoms with Gasteiger partial charge in [0.2, 0.25) is 5.91 Å². The van der Waals surface area contributed by atoms with Gasteiger partial charge in [-0.15, -0.1) is 0 Å². The molecule has 0 spiro atoms. The summed E-state index contributed by atoms with van der Waals surface area (Å²) in [5, 5.41) is 9.37. The molecule has 29 heavy (non-hydrogen) atoms. The summed E-state index contributed by atoms with van der Waals surface area (Å²) in [5.74, 6) is -1.07. The first-order chi connectivity index (χ1) is 13.5. The Bertz CT molecular complexity index is 1040. The number of carboxylic acid groups (broad SMARTS) is 1. The van der Waals surface area contributed by atoms with Crippen molar-refractivity contribution in [3.63, 3.8) is 0 Å². The molecular formula is C21H22LiN3O4. The van der Waals surface area contributed by atoms with Crippen LogP contribution in [0.25, 0.3) is 11.1 Å². The zero-order valence-electron chi connectivity index (χ0n) is 15.7. The number of hydrogen-bond acceptors (Lipinski definition) is 5. The Balaban J connectivity index is 0.00000240. The fourth-order valence-electron chi connectivity index (χ4n) is 3.78. The van der Waals surface area contributed by atoms with E-state index in [1.807, 2.05) is 54.0 Å². The van der Waals surface area contributed by atoms with Gasteiger partial charge >= 0.3 is 24.8 Å². The van der Waals surface area contributed by atoms with Crippen molar-refractivity contribution in [3.8, 4) is 0 Å². The fourth-order valence-corrected chi connectivity index (χ4v) is 3.78. The summed E-state index contributed by atoms with van der Waals surface area (Å²) in [4.78, 5) is 32.5. The number of carboxylic acids is 1. The van der Waals surface area contributed by atoms with Crippen molar-refractivity contribution in [2.24, 2.45) is 0 Å². The number of fused-ring (bicyclic) bond motifs is 1. The van der Waals surface area contributed by atoms with Crippen molar-refractivity contribution < 1.29 is 19.1 Å². The number of piperazine rings is 1. The second kappa shape index (κ2) is 8.32. The van der Waals surface area contributed by atoms with E-state index in [-0.39, 0.29) is 42.4 Å². The Hall–Kier alpha value is -2.75. The number of amides is 1. The molecule has 1 aromatic heterocycles. The van der Waals surface area contributed by atoms with Crippen molar-refractivity contribution in [1.29, 1.82) is 0 Å². The van der Waals surface area contributed by atoms with Gasteiger partial charge in [-0.2, -0.15) is 4.98 Å². The minimum atomic E-state index is -1.06. The summed E-state index contributed by atoms with van der Waals surface area (Å²) in [7, 11) is 0. The molecule has 1 fully saturated rings. The predicted octanol–water partition coefficient (Wildman–Crippen LogP) is 2.50. The van der Waals surface area contributed by atoms with E-state index >= 15 is 0 Å². The average Bonchev–Trinajstić information content (AvgIpc) is 3.10. The van der Waals surface area contributed by atoms with E-state index in [1.165, 1.54) is 6.07 Å². The molecular weight excluding hydrogens is 365 g/mol. The number of oxazole rings is 1. The van der Waals surface area contributed by atoms with E-state index in [4.69, 9.17) is 4.42 Å². The van der Waals surface area contributed by atoms with Crippen LogP contribution in [0.1, 0.15) is 29.8 Å². The molecule has 0 saturated carbocycles. The molecule has 1 N–H and O–H groups in total. The molecule has 1 aliphatic rings. The second-order valence-corrected chi connectivity index (χ2v) is 7.09. The molecule has 1 saturated heterocycles. The van der Waals surface area contributed by atoms with Crippen LogP contribution in [-0.4, -0.2) is 64.4 Å². The Morgan fingerprint density at radius 3 is 2.59 bits per heavy atom. The van der Waals surface area contributed by atoms with E-state index in [1.54, 1.807) is 12.1 Å². The van der Waals surface area contributed by atoms with Gasteiger partial charge in [-0.3, -0.25) is 4.79 Å². The van der Waals surface area contributed by atoms with Gasteiger partial charge in [0.1, 0.15) is 11.6 Å². The van der Waals surface area contributed by atoms with Crippen LogP contribution in [0.3, 0.4) is 0 Å². The first-order valence-electron chi connectivity index (χ1n) is 9.19. The van der Waals surface area contributed by atoms with Crippen LogP contribution in [0, 0.1) is 0 Å². The SMILES string of the molecule is C[C@H]1CN(Cc2ccccc2)C(=O)[C@H](C)N1c1nc2c(C(=O)O)cccc2o1.[LiH]. The number of para-hydroxylation sites is 1. The third-order valence-electron chi connectivity index (χ3n) is 5.12. The fraction of sp³-hybridized carbons (Fsp3) is 0.286. The number of hydrogen-bond donors (Lipinski definition) is 1. The van der Waals surface area contributed by atoms with Crippen molar-refractivity contribution in [3.05, 3.63) is 59.7 Å². The van der Waals surface area contributed by atoms with Crippen LogP contribution >= 0.6 is 0 Å². The van der Waals surface area contributed by atoms with E-state index in [9.17, 15) is 14.7 Å². The molecule has 0 bridgehead atoms. The summed E-state index contributed by atoms with van der Waals surface area (Å²) in [6.45, 7) is 4.92. The molecule has 8 heteroatoms. The number of aromatic nitrogens is 1. The molecule has 0 aliphatic carbocycles. The zero-order valence-corrected chi connectivity index (χ0v) is 15.7. The standard InChI is InChI=1S/C21H21N3O4.Li.H/c1-13-11-23(12-15-7-4-3-5-8-15)19(25)14(2)24(13)21-22-18-16(20(26)27)9-6-10-17(18)28-21;;/h3-10,13-14H,11-12H2,1-2H3,(H,26,27);;/t13-,14-;;/m0../s1. The van der Waals surface area contributed by atoms with E-state index in [0.717, 1.165) is 5.56 Å². The molecule has 146 valence electrons. The molecule has 0 radical (unpaired) electrons. The number of anilines is 1. The zero-order chi connectivity index (χ0) is 19.8. The second-order valence-electron chi connectivity index (χ2n) is 7.09. The molecule has 1 amide bonds. The monoisotopic (exact) mass is 387 g/mol. The number of carbonyl (C=O) groups excluding carboxylic acids is 1. The van der Waals surface area contributed by atoms with E-state index in [2.05, 4.69) is 4.98 Å². The predicted molar refractivity (Wildman–Crippen MR) is 111 cm³/mol. The molecule has 7 nitrogen and oxygen atoms in total. The normalized spacial score (nSPS) is 19.3. The maximum absolute atomic E-state index is 13.0. The number of aromatic carboxylic acids is 1.